The summed E-state index contributed by atoms with van der Waals surface area (Å²) in [5.41, 5.74) is 14.4. The Balaban J connectivity index is 1.65. The SMILES string of the molecule is CCCc1nc2c(N)ncc(NCC)c2n1CCOCCN(C(N)=O)C1CCCCC1. The van der Waals surface area contributed by atoms with E-state index in [0.717, 1.165) is 67.6 Å². The predicted octanol–water partition coefficient (Wildman–Crippen LogP) is 3.13. The van der Waals surface area contributed by atoms with Gasteiger partial charge in [0.25, 0.3) is 0 Å². The normalized spacial score (nSPS) is 14.8. The third kappa shape index (κ3) is 5.58. The van der Waals surface area contributed by atoms with Crippen LogP contribution in [0.4, 0.5) is 16.3 Å². The summed E-state index contributed by atoms with van der Waals surface area (Å²) >= 11 is 0. The van der Waals surface area contributed by atoms with Gasteiger partial charge in [-0.1, -0.05) is 26.2 Å². The number of imidazole rings is 1. The number of hydrogen-bond acceptors (Lipinski definition) is 6. The fraction of sp³-hybridized carbons (Fsp3) is 0.682. The van der Waals surface area contributed by atoms with Crippen molar-refractivity contribution in [2.75, 3.05) is 37.4 Å². The first-order valence-electron chi connectivity index (χ1n) is 11.6. The summed E-state index contributed by atoms with van der Waals surface area (Å²) in [4.78, 5) is 22.7. The first kappa shape index (κ1) is 23.1. The number of aryl methyl sites for hydroxylation is 1. The number of rotatable bonds is 11. The highest BCUT2D eigenvalue weighted by atomic mass is 16.5. The highest BCUT2D eigenvalue weighted by Gasteiger charge is 2.23. The Kier molecular flexibility index (Phi) is 8.34. The Hall–Kier alpha value is -2.55. The van der Waals surface area contributed by atoms with Gasteiger partial charge in [0.1, 0.15) is 11.3 Å². The highest BCUT2D eigenvalue weighted by Crippen LogP contribution is 2.28. The van der Waals surface area contributed by atoms with Crippen LogP contribution in [0, 0.1) is 0 Å². The molecule has 1 aliphatic carbocycles. The van der Waals surface area contributed by atoms with Crippen LogP contribution in [0.5, 0.6) is 0 Å². The van der Waals surface area contributed by atoms with Gasteiger partial charge in [-0.25, -0.2) is 14.8 Å². The van der Waals surface area contributed by atoms with Crippen molar-refractivity contribution < 1.29 is 9.53 Å². The number of carbonyl (C=O) groups excluding carboxylic acids is 1. The van der Waals surface area contributed by atoms with E-state index in [-0.39, 0.29) is 12.1 Å². The number of aromatic nitrogens is 3. The second kappa shape index (κ2) is 11.2. The van der Waals surface area contributed by atoms with Gasteiger partial charge in [-0.3, -0.25) is 0 Å². The van der Waals surface area contributed by atoms with Crippen molar-refractivity contribution in [3.63, 3.8) is 0 Å². The highest BCUT2D eigenvalue weighted by molar-refractivity contribution is 5.94. The van der Waals surface area contributed by atoms with Crippen LogP contribution in [0.2, 0.25) is 0 Å². The van der Waals surface area contributed by atoms with E-state index in [2.05, 4.69) is 28.7 Å². The molecule has 1 fully saturated rings. The molecule has 0 aromatic carbocycles. The van der Waals surface area contributed by atoms with Crippen molar-refractivity contribution in [1.82, 2.24) is 19.4 Å². The standard InChI is InChI=1S/C22H37N7O2/c1-3-8-18-27-19-20(17(25-4-2)15-26-21(19)23)29(18)12-14-31-13-11-28(22(24)30)16-9-6-5-7-10-16/h15-16,25H,3-14H2,1-2H3,(H2,23,26)(H2,24,30). The van der Waals surface area contributed by atoms with Gasteiger partial charge in [0.2, 0.25) is 0 Å². The maximum absolute atomic E-state index is 11.9. The summed E-state index contributed by atoms with van der Waals surface area (Å²) in [5, 5.41) is 3.36. The van der Waals surface area contributed by atoms with Gasteiger partial charge < -0.3 is 31.0 Å². The molecule has 9 nitrogen and oxygen atoms in total. The molecular weight excluding hydrogens is 394 g/mol. The molecule has 0 saturated heterocycles. The first-order valence-corrected chi connectivity index (χ1v) is 11.6. The van der Waals surface area contributed by atoms with Crippen LogP contribution in [-0.4, -0.2) is 57.8 Å². The number of ether oxygens (including phenoxy) is 1. The minimum atomic E-state index is -0.348. The lowest BCUT2D eigenvalue weighted by Crippen LogP contribution is -2.46. The quantitative estimate of drug-likeness (QED) is 0.470. The van der Waals surface area contributed by atoms with Crippen LogP contribution in [0.1, 0.15) is 58.2 Å². The van der Waals surface area contributed by atoms with Crippen molar-refractivity contribution in [1.29, 1.82) is 0 Å². The number of urea groups is 1. The molecule has 1 saturated carbocycles. The number of nitrogens with two attached hydrogens (primary N) is 2. The van der Waals surface area contributed by atoms with E-state index in [1.807, 2.05) is 0 Å². The van der Waals surface area contributed by atoms with Crippen molar-refractivity contribution >= 4 is 28.6 Å². The minimum Gasteiger partial charge on any atom is -0.382 e. The summed E-state index contributed by atoms with van der Waals surface area (Å²) in [7, 11) is 0. The van der Waals surface area contributed by atoms with Crippen LogP contribution < -0.4 is 16.8 Å². The number of nitrogens with zero attached hydrogens (tertiary/aromatic N) is 4. The number of carbonyl (C=O) groups is 1. The van der Waals surface area contributed by atoms with Gasteiger partial charge in [-0.05, 0) is 26.2 Å². The number of anilines is 2. The topological polar surface area (TPSA) is 124 Å². The molecule has 172 valence electrons. The predicted molar refractivity (Wildman–Crippen MR) is 124 cm³/mol. The lowest BCUT2D eigenvalue weighted by atomic mass is 9.94. The van der Waals surface area contributed by atoms with Crippen LogP contribution in [0.3, 0.4) is 0 Å². The third-order valence-electron chi connectivity index (χ3n) is 5.95. The molecule has 3 rings (SSSR count). The smallest absolute Gasteiger partial charge is 0.315 e. The molecule has 0 bridgehead atoms. The van der Waals surface area contributed by atoms with E-state index in [1.165, 1.54) is 6.42 Å². The molecule has 0 unspecified atom stereocenters. The number of primary amides is 1. The lowest BCUT2D eigenvalue weighted by molar-refractivity contribution is 0.0877. The van der Waals surface area contributed by atoms with Crippen molar-refractivity contribution in [3.05, 3.63) is 12.0 Å². The van der Waals surface area contributed by atoms with Crippen LogP contribution in [0.25, 0.3) is 11.0 Å². The van der Waals surface area contributed by atoms with E-state index in [0.29, 0.717) is 32.1 Å². The molecule has 2 aromatic rings. The van der Waals surface area contributed by atoms with Crippen LogP contribution in [0.15, 0.2) is 6.20 Å². The summed E-state index contributed by atoms with van der Waals surface area (Å²) < 4.78 is 8.11. The molecule has 0 spiro atoms. The minimum absolute atomic E-state index is 0.252. The van der Waals surface area contributed by atoms with Gasteiger partial charge in [-0.15, -0.1) is 0 Å². The maximum Gasteiger partial charge on any atom is 0.315 e. The second-order valence-corrected chi connectivity index (χ2v) is 8.15. The molecule has 5 N–H and O–H groups in total. The van der Waals surface area contributed by atoms with E-state index in [4.69, 9.17) is 21.2 Å². The van der Waals surface area contributed by atoms with E-state index >= 15 is 0 Å². The molecule has 31 heavy (non-hydrogen) atoms. The second-order valence-electron chi connectivity index (χ2n) is 8.15. The summed E-state index contributed by atoms with van der Waals surface area (Å²) in [5.74, 6) is 1.43. The zero-order valence-corrected chi connectivity index (χ0v) is 18.9. The Morgan fingerprint density at radius 1 is 1.29 bits per heavy atom. The van der Waals surface area contributed by atoms with E-state index < -0.39 is 0 Å². The molecule has 2 heterocycles. The largest absolute Gasteiger partial charge is 0.382 e. The summed E-state index contributed by atoms with van der Waals surface area (Å²) in [6.07, 6.45) is 9.25. The number of nitrogens with one attached hydrogen (secondary N) is 1. The number of pyridine rings is 1. The number of fused-ring (bicyclic) bond motifs is 1. The Labute approximate surface area is 184 Å². The molecule has 0 radical (unpaired) electrons. The average molecular weight is 432 g/mol. The van der Waals surface area contributed by atoms with Crippen LogP contribution >= 0.6 is 0 Å². The zero-order chi connectivity index (χ0) is 22.2. The molecule has 2 aromatic heterocycles. The average Bonchev–Trinajstić information content (AvgIpc) is 3.12. The number of nitrogen functional groups attached to an aromatic ring is 1. The fourth-order valence-corrected chi connectivity index (χ4v) is 4.47. The monoisotopic (exact) mass is 431 g/mol. The van der Waals surface area contributed by atoms with Gasteiger partial charge in [-0.2, -0.15) is 0 Å². The molecule has 0 aliphatic heterocycles. The van der Waals surface area contributed by atoms with Crippen molar-refractivity contribution in [2.24, 2.45) is 5.73 Å². The maximum atomic E-state index is 11.9. The van der Waals surface area contributed by atoms with Gasteiger partial charge in [0.05, 0.1) is 30.6 Å². The third-order valence-corrected chi connectivity index (χ3v) is 5.95. The zero-order valence-electron chi connectivity index (χ0n) is 18.9. The van der Waals surface area contributed by atoms with Crippen molar-refractivity contribution in [3.8, 4) is 0 Å². The number of amides is 2. The van der Waals surface area contributed by atoms with Gasteiger partial charge in [0.15, 0.2) is 5.82 Å². The lowest BCUT2D eigenvalue weighted by Gasteiger charge is -2.33. The fourth-order valence-electron chi connectivity index (χ4n) is 4.47. The molecule has 0 atom stereocenters. The molecule has 2 amide bonds. The van der Waals surface area contributed by atoms with Gasteiger partial charge in [0, 0.05) is 32.1 Å². The molecule has 1 aliphatic rings. The van der Waals surface area contributed by atoms with E-state index in [1.54, 1.807) is 11.1 Å². The first-order chi connectivity index (χ1) is 15.1. The Morgan fingerprint density at radius 3 is 2.74 bits per heavy atom. The Bertz CT molecular complexity index is 861. The van der Waals surface area contributed by atoms with E-state index in [9.17, 15) is 4.79 Å². The summed E-state index contributed by atoms with van der Waals surface area (Å²) in [6, 6.07) is -0.0960. The van der Waals surface area contributed by atoms with Crippen LogP contribution in [-0.2, 0) is 17.7 Å². The van der Waals surface area contributed by atoms with Crippen molar-refractivity contribution in [2.45, 2.75) is 71.4 Å². The molecular formula is C22H37N7O2. The van der Waals surface area contributed by atoms with Gasteiger partial charge >= 0.3 is 6.03 Å². The number of hydrogen-bond donors (Lipinski definition) is 3. The molecule has 9 heteroatoms. The summed E-state index contributed by atoms with van der Waals surface area (Å²) in [6.45, 7) is 7.16. The Morgan fingerprint density at radius 2 is 2.06 bits per heavy atom.